The topological polar surface area (TPSA) is 76.8 Å². The van der Waals surface area contributed by atoms with E-state index < -0.39 is 0 Å². The van der Waals surface area contributed by atoms with Crippen LogP contribution in [0.3, 0.4) is 0 Å². The van der Waals surface area contributed by atoms with E-state index in [0.29, 0.717) is 12.5 Å². The van der Waals surface area contributed by atoms with E-state index in [2.05, 4.69) is 15.2 Å². The maximum atomic E-state index is 5.44. The molecule has 0 spiro atoms. The van der Waals surface area contributed by atoms with Crippen molar-refractivity contribution < 1.29 is 4.74 Å². The second kappa shape index (κ2) is 4.72. The number of H-pyrrole nitrogens is 1. The predicted molar refractivity (Wildman–Crippen MR) is 56.2 cm³/mol. The van der Waals surface area contributed by atoms with Gasteiger partial charge in [0.1, 0.15) is 11.9 Å². The standard InChI is InChI=1S/C10H18N4O/c1-15-9(7-4-5-7)10-12-8(13-14-10)3-2-6-11/h7,9H,2-6,11H2,1H3,(H,12,13,14). The molecule has 2 rings (SSSR count). The molecule has 1 aliphatic rings. The van der Waals surface area contributed by atoms with Crippen molar-refractivity contribution in [3.05, 3.63) is 11.6 Å². The molecule has 1 aliphatic carbocycles. The Labute approximate surface area is 89.4 Å². The van der Waals surface area contributed by atoms with Gasteiger partial charge in [0.05, 0.1) is 0 Å². The molecule has 15 heavy (non-hydrogen) atoms. The highest BCUT2D eigenvalue weighted by molar-refractivity contribution is 5.00. The van der Waals surface area contributed by atoms with Gasteiger partial charge in [0.15, 0.2) is 5.82 Å². The van der Waals surface area contributed by atoms with Crippen molar-refractivity contribution in [1.82, 2.24) is 15.2 Å². The van der Waals surface area contributed by atoms with Gasteiger partial charge >= 0.3 is 0 Å². The number of rotatable bonds is 6. The molecular formula is C10H18N4O. The second-order valence-corrected chi connectivity index (χ2v) is 4.03. The van der Waals surface area contributed by atoms with E-state index >= 15 is 0 Å². The number of aromatic nitrogens is 3. The zero-order chi connectivity index (χ0) is 10.7. The van der Waals surface area contributed by atoms with Gasteiger partial charge in [0, 0.05) is 13.5 Å². The zero-order valence-corrected chi connectivity index (χ0v) is 9.07. The SMILES string of the molecule is COC(c1n[nH]c(CCCN)n1)C1CC1. The summed E-state index contributed by atoms with van der Waals surface area (Å²) in [6.07, 6.45) is 4.34. The van der Waals surface area contributed by atoms with Gasteiger partial charge in [-0.15, -0.1) is 0 Å². The quantitative estimate of drug-likeness (QED) is 0.728. The minimum Gasteiger partial charge on any atom is -0.373 e. The van der Waals surface area contributed by atoms with E-state index in [-0.39, 0.29) is 6.10 Å². The third kappa shape index (κ3) is 2.54. The highest BCUT2D eigenvalue weighted by atomic mass is 16.5. The molecule has 1 unspecified atom stereocenters. The van der Waals surface area contributed by atoms with Crippen LogP contribution < -0.4 is 5.73 Å². The van der Waals surface area contributed by atoms with Gasteiger partial charge < -0.3 is 10.5 Å². The molecule has 0 radical (unpaired) electrons. The summed E-state index contributed by atoms with van der Waals surface area (Å²) in [5.41, 5.74) is 5.44. The zero-order valence-electron chi connectivity index (χ0n) is 9.07. The van der Waals surface area contributed by atoms with Crippen molar-refractivity contribution in [2.45, 2.75) is 31.8 Å². The van der Waals surface area contributed by atoms with Crippen molar-refractivity contribution in [3.8, 4) is 0 Å². The Morgan fingerprint density at radius 2 is 2.40 bits per heavy atom. The van der Waals surface area contributed by atoms with Gasteiger partial charge in [0.2, 0.25) is 0 Å². The molecule has 1 aromatic heterocycles. The Morgan fingerprint density at radius 1 is 1.60 bits per heavy atom. The molecule has 5 nitrogen and oxygen atoms in total. The Bertz CT molecular complexity index is 308. The summed E-state index contributed by atoms with van der Waals surface area (Å²) < 4.78 is 5.41. The first-order valence-electron chi connectivity index (χ1n) is 5.49. The van der Waals surface area contributed by atoms with E-state index in [1.165, 1.54) is 12.8 Å². The van der Waals surface area contributed by atoms with Crippen LogP contribution in [0.25, 0.3) is 0 Å². The highest BCUT2D eigenvalue weighted by Crippen LogP contribution is 2.41. The molecule has 5 heteroatoms. The van der Waals surface area contributed by atoms with Gasteiger partial charge in [-0.2, -0.15) is 5.10 Å². The molecule has 0 amide bonds. The monoisotopic (exact) mass is 210 g/mol. The lowest BCUT2D eigenvalue weighted by Gasteiger charge is -2.08. The Kier molecular flexibility index (Phi) is 3.33. The Morgan fingerprint density at radius 3 is 3.00 bits per heavy atom. The number of hydrogen-bond donors (Lipinski definition) is 2. The summed E-state index contributed by atoms with van der Waals surface area (Å²) in [5.74, 6) is 2.33. The minimum absolute atomic E-state index is 0.0767. The van der Waals surface area contributed by atoms with E-state index in [0.717, 1.165) is 24.5 Å². The third-order valence-corrected chi connectivity index (χ3v) is 2.73. The van der Waals surface area contributed by atoms with Crippen LogP contribution in [0.4, 0.5) is 0 Å². The summed E-state index contributed by atoms with van der Waals surface area (Å²) in [6.45, 7) is 0.687. The first kappa shape index (κ1) is 10.6. The summed E-state index contributed by atoms with van der Waals surface area (Å²) in [4.78, 5) is 4.43. The molecule has 0 aromatic carbocycles. The van der Waals surface area contributed by atoms with Gasteiger partial charge in [0.25, 0.3) is 0 Å². The number of hydrogen-bond acceptors (Lipinski definition) is 4. The van der Waals surface area contributed by atoms with Crippen molar-refractivity contribution in [2.24, 2.45) is 11.7 Å². The summed E-state index contributed by atoms with van der Waals surface area (Å²) in [7, 11) is 1.72. The first-order valence-corrected chi connectivity index (χ1v) is 5.49. The van der Waals surface area contributed by atoms with E-state index in [4.69, 9.17) is 10.5 Å². The highest BCUT2D eigenvalue weighted by Gasteiger charge is 2.34. The molecule has 0 bridgehead atoms. The number of methoxy groups -OCH3 is 1. The fourth-order valence-electron chi connectivity index (χ4n) is 1.73. The smallest absolute Gasteiger partial charge is 0.179 e. The van der Waals surface area contributed by atoms with Crippen molar-refractivity contribution >= 4 is 0 Å². The van der Waals surface area contributed by atoms with Crippen LogP contribution in [-0.4, -0.2) is 28.8 Å². The average molecular weight is 210 g/mol. The molecular weight excluding hydrogens is 192 g/mol. The lowest BCUT2D eigenvalue weighted by atomic mass is 10.2. The van der Waals surface area contributed by atoms with E-state index in [9.17, 15) is 0 Å². The van der Waals surface area contributed by atoms with Crippen LogP contribution in [-0.2, 0) is 11.2 Å². The maximum Gasteiger partial charge on any atom is 0.179 e. The number of nitrogens with two attached hydrogens (primary N) is 1. The summed E-state index contributed by atoms with van der Waals surface area (Å²) >= 11 is 0. The van der Waals surface area contributed by atoms with E-state index in [1.807, 2.05) is 0 Å². The Hall–Kier alpha value is -0.940. The molecule has 1 aromatic rings. The molecule has 1 atom stereocenters. The van der Waals surface area contributed by atoms with Crippen molar-refractivity contribution in [1.29, 1.82) is 0 Å². The number of aryl methyl sites for hydroxylation is 1. The molecule has 0 aliphatic heterocycles. The van der Waals surface area contributed by atoms with Crippen LogP contribution in [0.2, 0.25) is 0 Å². The fourth-order valence-corrected chi connectivity index (χ4v) is 1.73. The Balaban J connectivity index is 1.98. The van der Waals surface area contributed by atoms with Gasteiger partial charge in [-0.25, -0.2) is 4.98 Å². The van der Waals surface area contributed by atoms with Crippen molar-refractivity contribution in [3.63, 3.8) is 0 Å². The molecule has 84 valence electrons. The van der Waals surface area contributed by atoms with Crippen molar-refractivity contribution in [2.75, 3.05) is 13.7 Å². The number of nitrogens with one attached hydrogen (secondary N) is 1. The first-order chi connectivity index (χ1) is 7.35. The molecule has 1 saturated carbocycles. The van der Waals surface area contributed by atoms with Crippen LogP contribution in [0, 0.1) is 5.92 Å². The normalized spacial score (nSPS) is 18.0. The lowest BCUT2D eigenvalue weighted by Crippen LogP contribution is -2.06. The third-order valence-electron chi connectivity index (χ3n) is 2.73. The molecule has 0 saturated heterocycles. The summed E-state index contributed by atoms with van der Waals surface area (Å²) in [5, 5.41) is 7.14. The van der Waals surface area contributed by atoms with Gasteiger partial charge in [-0.3, -0.25) is 5.10 Å². The molecule has 1 heterocycles. The number of nitrogens with zero attached hydrogens (tertiary/aromatic N) is 2. The fraction of sp³-hybridized carbons (Fsp3) is 0.800. The number of aromatic amines is 1. The summed E-state index contributed by atoms with van der Waals surface area (Å²) in [6, 6.07) is 0. The van der Waals surface area contributed by atoms with E-state index in [1.54, 1.807) is 7.11 Å². The van der Waals surface area contributed by atoms with Gasteiger partial charge in [-0.1, -0.05) is 0 Å². The maximum absolute atomic E-state index is 5.44. The largest absolute Gasteiger partial charge is 0.373 e. The molecule has 3 N–H and O–H groups in total. The number of ether oxygens (including phenoxy) is 1. The van der Waals surface area contributed by atoms with Gasteiger partial charge in [-0.05, 0) is 31.7 Å². The predicted octanol–water partition coefficient (Wildman–Crippen LogP) is 0.793. The lowest BCUT2D eigenvalue weighted by molar-refractivity contribution is 0.0775. The van der Waals surface area contributed by atoms with Crippen LogP contribution in [0.5, 0.6) is 0 Å². The minimum atomic E-state index is 0.0767. The average Bonchev–Trinajstić information content (AvgIpc) is 2.96. The van der Waals surface area contributed by atoms with Crippen LogP contribution in [0.1, 0.15) is 37.0 Å². The van der Waals surface area contributed by atoms with Crippen LogP contribution >= 0.6 is 0 Å². The van der Waals surface area contributed by atoms with Crippen LogP contribution in [0.15, 0.2) is 0 Å². The second-order valence-electron chi connectivity index (χ2n) is 4.03. The molecule has 1 fully saturated rings.